The quantitative estimate of drug-likeness (QED) is 0.663. The van der Waals surface area contributed by atoms with Crippen LogP contribution in [0.2, 0.25) is 0 Å². The number of benzene rings is 2. The van der Waals surface area contributed by atoms with Gasteiger partial charge in [-0.05, 0) is 50.6 Å². The summed E-state index contributed by atoms with van der Waals surface area (Å²) >= 11 is 0. The fraction of sp³-hybridized carbons (Fsp3) is 0.318. The molecule has 1 aliphatic rings. The van der Waals surface area contributed by atoms with Crippen LogP contribution in [0.5, 0.6) is 5.75 Å². The molecule has 2 aromatic carbocycles. The van der Waals surface area contributed by atoms with Crippen LogP contribution in [0.4, 0.5) is 0 Å². The average molecular weight is 349 g/mol. The van der Waals surface area contributed by atoms with Gasteiger partial charge in [-0.2, -0.15) is 0 Å². The normalized spacial score (nSPS) is 16.1. The van der Waals surface area contributed by atoms with Gasteiger partial charge < -0.3 is 14.1 Å². The van der Waals surface area contributed by atoms with E-state index in [1.807, 2.05) is 55.5 Å². The topological polar surface area (TPSA) is 42.7 Å². The number of nitrogens with zero attached hydrogens (tertiary/aromatic N) is 1. The van der Waals surface area contributed by atoms with E-state index in [0.717, 1.165) is 48.2 Å². The summed E-state index contributed by atoms with van der Waals surface area (Å²) < 4.78 is 11.9. The summed E-state index contributed by atoms with van der Waals surface area (Å²) in [5, 5.41) is 0.914. The Labute approximate surface area is 153 Å². The first-order valence-corrected chi connectivity index (χ1v) is 9.10. The molecule has 0 bridgehead atoms. The molecule has 0 amide bonds. The minimum atomic E-state index is -0.316. The molecule has 3 aromatic rings. The highest BCUT2D eigenvalue weighted by molar-refractivity contribution is 5.85. The predicted octanol–water partition coefficient (Wildman–Crippen LogP) is 4.24. The number of aryl methyl sites for hydroxylation is 1. The van der Waals surface area contributed by atoms with E-state index in [1.54, 1.807) is 0 Å². The van der Waals surface area contributed by atoms with Gasteiger partial charge in [-0.25, -0.2) is 4.79 Å². The van der Waals surface area contributed by atoms with Crippen LogP contribution in [0.15, 0.2) is 57.7 Å². The van der Waals surface area contributed by atoms with Gasteiger partial charge in [-0.3, -0.25) is 0 Å². The first-order chi connectivity index (χ1) is 12.6. The predicted molar refractivity (Wildman–Crippen MR) is 104 cm³/mol. The Morgan fingerprint density at radius 1 is 1.08 bits per heavy atom. The highest BCUT2D eigenvalue weighted by Gasteiger charge is 2.20. The summed E-state index contributed by atoms with van der Waals surface area (Å²) in [5.74, 6) is 0.808. The maximum atomic E-state index is 12.5. The summed E-state index contributed by atoms with van der Waals surface area (Å²) in [7, 11) is 2.14. The van der Waals surface area contributed by atoms with Crippen LogP contribution in [0, 0.1) is 6.92 Å². The van der Waals surface area contributed by atoms with Gasteiger partial charge in [-0.15, -0.1) is 0 Å². The molecule has 0 aliphatic carbocycles. The minimum Gasteiger partial charge on any atom is -0.490 e. The lowest BCUT2D eigenvalue weighted by Gasteiger charge is -2.29. The van der Waals surface area contributed by atoms with Gasteiger partial charge in [0, 0.05) is 24.0 Å². The van der Waals surface area contributed by atoms with Crippen LogP contribution >= 0.6 is 0 Å². The Balaban J connectivity index is 1.69. The third-order valence-electron chi connectivity index (χ3n) is 5.15. The van der Waals surface area contributed by atoms with Crippen molar-refractivity contribution in [2.75, 3.05) is 20.1 Å². The van der Waals surface area contributed by atoms with E-state index in [0.29, 0.717) is 11.1 Å². The second-order valence-electron chi connectivity index (χ2n) is 7.04. The molecule has 1 saturated heterocycles. The number of piperidine rings is 1. The molecular weight excluding hydrogens is 326 g/mol. The van der Waals surface area contributed by atoms with Crippen molar-refractivity contribution in [3.8, 4) is 16.9 Å². The highest BCUT2D eigenvalue weighted by Crippen LogP contribution is 2.30. The number of ether oxygens (including phenoxy) is 1. The molecule has 0 spiro atoms. The van der Waals surface area contributed by atoms with Crippen LogP contribution < -0.4 is 10.4 Å². The molecule has 1 fully saturated rings. The van der Waals surface area contributed by atoms with Crippen molar-refractivity contribution >= 4 is 11.0 Å². The van der Waals surface area contributed by atoms with Gasteiger partial charge >= 0.3 is 5.63 Å². The lowest BCUT2D eigenvalue weighted by atomic mass is 10.0. The van der Waals surface area contributed by atoms with Gasteiger partial charge in [0.15, 0.2) is 0 Å². The molecule has 0 unspecified atom stereocenters. The number of hydrogen-bond donors (Lipinski definition) is 0. The number of rotatable bonds is 3. The minimum absolute atomic E-state index is 0.220. The summed E-state index contributed by atoms with van der Waals surface area (Å²) in [6.45, 7) is 4.05. The van der Waals surface area contributed by atoms with E-state index in [-0.39, 0.29) is 11.7 Å². The van der Waals surface area contributed by atoms with Crippen molar-refractivity contribution < 1.29 is 9.15 Å². The molecule has 0 atom stereocenters. The molecule has 0 radical (unpaired) electrons. The highest BCUT2D eigenvalue weighted by atomic mass is 16.5. The molecule has 0 saturated carbocycles. The van der Waals surface area contributed by atoms with Crippen LogP contribution in [0.1, 0.15) is 18.4 Å². The van der Waals surface area contributed by atoms with E-state index in [2.05, 4.69) is 11.9 Å². The number of likely N-dealkylation sites (tertiary alicyclic amines) is 1. The Bertz CT molecular complexity index is 970. The van der Waals surface area contributed by atoms with Gasteiger partial charge in [0.2, 0.25) is 0 Å². The maximum absolute atomic E-state index is 12.5. The summed E-state index contributed by atoms with van der Waals surface area (Å²) in [6, 6.07) is 15.5. The lowest BCUT2D eigenvalue weighted by molar-refractivity contribution is 0.113. The zero-order valence-electron chi connectivity index (χ0n) is 15.2. The van der Waals surface area contributed by atoms with Crippen LogP contribution in [-0.2, 0) is 0 Å². The Hall–Kier alpha value is -2.59. The van der Waals surface area contributed by atoms with Crippen molar-refractivity contribution in [3.05, 3.63) is 64.5 Å². The lowest BCUT2D eigenvalue weighted by Crippen LogP contribution is -2.35. The molecule has 0 N–H and O–H groups in total. The molecule has 4 heteroatoms. The molecule has 1 aromatic heterocycles. The largest absolute Gasteiger partial charge is 0.490 e. The molecule has 4 rings (SSSR count). The molecule has 4 nitrogen and oxygen atoms in total. The van der Waals surface area contributed by atoms with Gasteiger partial charge in [-0.1, -0.05) is 30.3 Å². The second-order valence-corrected chi connectivity index (χ2v) is 7.04. The van der Waals surface area contributed by atoms with Gasteiger partial charge in [0.1, 0.15) is 17.4 Å². The third kappa shape index (κ3) is 3.25. The monoisotopic (exact) mass is 349 g/mol. The van der Waals surface area contributed by atoms with E-state index in [1.165, 1.54) is 0 Å². The Morgan fingerprint density at radius 3 is 2.54 bits per heavy atom. The van der Waals surface area contributed by atoms with E-state index >= 15 is 0 Å². The first kappa shape index (κ1) is 16.9. The van der Waals surface area contributed by atoms with Crippen molar-refractivity contribution in [1.29, 1.82) is 0 Å². The van der Waals surface area contributed by atoms with Crippen molar-refractivity contribution in [3.63, 3.8) is 0 Å². The van der Waals surface area contributed by atoms with Crippen LogP contribution in [-0.4, -0.2) is 31.1 Å². The van der Waals surface area contributed by atoms with Gasteiger partial charge in [0.25, 0.3) is 0 Å². The van der Waals surface area contributed by atoms with Crippen molar-refractivity contribution in [2.24, 2.45) is 0 Å². The molecule has 1 aliphatic heterocycles. The van der Waals surface area contributed by atoms with E-state index in [9.17, 15) is 4.79 Å². The Morgan fingerprint density at radius 2 is 1.81 bits per heavy atom. The molecule has 2 heterocycles. The van der Waals surface area contributed by atoms with Gasteiger partial charge in [0.05, 0.1) is 5.56 Å². The average Bonchev–Trinajstić information content (AvgIpc) is 2.66. The SMILES string of the molecule is Cc1c(OC2CCN(C)CC2)ccc2cc(-c3ccccc3)c(=O)oc12. The van der Waals surface area contributed by atoms with E-state index in [4.69, 9.17) is 9.15 Å². The van der Waals surface area contributed by atoms with Crippen molar-refractivity contribution in [1.82, 2.24) is 4.90 Å². The fourth-order valence-electron chi connectivity index (χ4n) is 3.53. The summed E-state index contributed by atoms with van der Waals surface area (Å²) in [6.07, 6.45) is 2.26. The Kier molecular flexibility index (Phi) is 4.51. The zero-order chi connectivity index (χ0) is 18.1. The summed E-state index contributed by atoms with van der Waals surface area (Å²) in [4.78, 5) is 14.8. The summed E-state index contributed by atoms with van der Waals surface area (Å²) in [5.41, 5.74) is 2.63. The van der Waals surface area contributed by atoms with Crippen LogP contribution in [0.25, 0.3) is 22.1 Å². The van der Waals surface area contributed by atoms with E-state index < -0.39 is 0 Å². The number of fused-ring (bicyclic) bond motifs is 1. The first-order valence-electron chi connectivity index (χ1n) is 9.10. The standard InChI is InChI=1S/C22H23NO3/c1-15-20(25-18-10-12-23(2)13-11-18)9-8-17-14-19(22(24)26-21(15)17)16-6-4-3-5-7-16/h3-9,14,18H,10-13H2,1-2H3. The fourth-order valence-corrected chi connectivity index (χ4v) is 3.53. The maximum Gasteiger partial charge on any atom is 0.344 e. The van der Waals surface area contributed by atoms with Crippen molar-refractivity contribution in [2.45, 2.75) is 25.9 Å². The number of hydrogen-bond acceptors (Lipinski definition) is 4. The second kappa shape index (κ2) is 6.96. The smallest absolute Gasteiger partial charge is 0.344 e. The third-order valence-corrected chi connectivity index (χ3v) is 5.15. The molecular formula is C22H23NO3. The van der Waals surface area contributed by atoms with Crippen LogP contribution in [0.3, 0.4) is 0 Å². The molecule has 134 valence electrons. The molecule has 26 heavy (non-hydrogen) atoms. The zero-order valence-corrected chi connectivity index (χ0v) is 15.2.